The van der Waals surface area contributed by atoms with Crippen molar-refractivity contribution in [2.24, 2.45) is 0 Å². The molecule has 0 aliphatic carbocycles. The summed E-state index contributed by atoms with van der Waals surface area (Å²) in [5.74, 6) is 0. The van der Waals surface area contributed by atoms with Gasteiger partial charge in [-0.25, -0.2) is 9.78 Å². The van der Waals surface area contributed by atoms with Crippen molar-refractivity contribution in [3.05, 3.63) is 33.5 Å². The maximum Gasteiger partial charge on any atom is 0.434 e. The minimum absolute atomic E-state index is 0.0584. The van der Waals surface area contributed by atoms with Crippen molar-refractivity contribution >= 4 is 33.8 Å². The fraction of sp³-hybridized carbons (Fsp3) is 0.333. The zero-order valence-electron chi connectivity index (χ0n) is 11.0. The molecule has 0 aliphatic heterocycles. The Hall–Kier alpha value is -1.61. The molecule has 0 spiro atoms. The Morgan fingerprint density at radius 2 is 2.19 bits per heavy atom. The predicted molar refractivity (Wildman–Crippen MR) is 76.5 cm³/mol. The van der Waals surface area contributed by atoms with E-state index in [0.717, 1.165) is 21.6 Å². The van der Waals surface area contributed by atoms with Gasteiger partial charge in [0.2, 0.25) is 0 Å². The molecule has 0 bridgehead atoms. The van der Waals surface area contributed by atoms with Gasteiger partial charge in [0.1, 0.15) is 0 Å². The van der Waals surface area contributed by atoms with Crippen LogP contribution in [0.25, 0.3) is 0 Å². The molecule has 4 nitrogen and oxygen atoms in total. The van der Waals surface area contributed by atoms with E-state index in [1.165, 1.54) is 16.2 Å². The maximum absolute atomic E-state index is 12.4. The van der Waals surface area contributed by atoms with Crippen LogP contribution < -0.4 is 5.32 Å². The average Bonchev–Trinajstić information content (AvgIpc) is 3.05. The number of amides is 2. The lowest BCUT2D eigenvalue weighted by Crippen LogP contribution is -2.34. The van der Waals surface area contributed by atoms with E-state index in [2.05, 4.69) is 10.3 Å². The zero-order chi connectivity index (χ0) is 15.5. The van der Waals surface area contributed by atoms with Gasteiger partial charge in [0.25, 0.3) is 0 Å². The number of halogens is 3. The third-order valence-electron chi connectivity index (χ3n) is 2.60. The summed E-state index contributed by atoms with van der Waals surface area (Å²) in [6.07, 6.45) is -4.50. The second-order valence-corrected chi connectivity index (χ2v) is 5.95. The number of rotatable bonds is 4. The Morgan fingerprint density at radius 1 is 1.43 bits per heavy atom. The standard InChI is InChI=1S/C12H12F3N3OS2/c1-2-18(6-8-4-3-5-20-8)11(19)17-10-16-9(7-21-10)12(13,14)15/h3-5,7H,2,6H2,1H3,(H,16,17,19). The van der Waals surface area contributed by atoms with Crippen LogP contribution in [0, 0.1) is 0 Å². The van der Waals surface area contributed by atoms with Crippen LogP contribution in [0.4, 0.5) is 23.1 Å². The quantitative estimate of drug-likeness (QED) is 0.906. The van der Waals surface area contributed by atoms with E-state index in [1.807, 2.05) is 17.5 Å². The fourth-order valence-corrected chi connectivity index (χ4v) is 2.98. The number of carbonyl (C=O) groups is 1. The molecular formula is C12H12F3N3OS2. The van der Waals surface area contributed by atoms with E-state index in [4.69, 9.17) is 0 Å². The van der Waals surface area contributed by atoms with Gasteiger partial charge in [-0.3, -0.25) is 5.32 Å². The van der Waals surface area contributed by atoms with Gasteiger partial charge in [0.05, 0.1) is 6.54 Å². The predicted octanol–water partition coefficient (Wildman–Crippen LogP) is 4.28. The summed E-state index contributed by atoms with van der Waals surface area (Å²) >= 11 is 2.27. The molecule has 0 aromatic carbocycles. The van der Waals surface area contributed by atoms with Crippen molar-refractivity contribution in [3.8, 4) is 0 Å². The molecule has 9 heteroatoms. The van der Waals surface area contributed by atoms with Crippen molar-refractivity contribution in [3.63, 3.8) is 0 Å². The number of nitrogens with zero attached hydrogens (tertiary/aromatic N) is 2. The number of carbonyl (C=O) groups excluding carboxylic acids is 1. The van der Waals surface area contributed by atoms with E-state index >= 15 is 0 Å². The first-order valence-corrected chi connectivity index (χ1v) is 7.77. The first-order valence-electron chi connectivity index (χ1n) is 6.01. The van der Waals surface area contributed by atoms with Gasteiger partial charge >= 0.3 is 12.2 Å². The molecule has 0 fully saturated rings. The summed E-state index contributed by atoms with van der Waals surface area (Å²) < 4.78 is 37.3. The maximum atomic E-state index is 12.4. The first kappa shape index (κ1) is 15.8. The number of anilines is 1. The number of thiophene rings is 1. The Morgan fingerprint density at radius 3 is 2.71 bits per heavy atom. The number of urea groups is 1. The number of thiazole rings is 1. The first-order chi connectivity index (χ1) is 9.90. The summed E-state index contributed by atoms with van der Waals surface area (Å²) in [6, 6.07) is 3.31. The monoisotopic (exact) mass is 335 g/mol. The van der Waals surface area contributed by atoms with Gasteiger partial charge in [-0.1, -0.05) is 6.07 Å². The number of hydrogen-bond acceptors (Lipinski definition) is 4. The van der Waals surface area contributed by atoms with Gasteiger partial charge in [0.15, 0.2) is 10.8 Å². The summed E-state index contributed by atoms with van der Waals surface area (Å²) in [7, 11) is 0. The van der Waals surface area contributed by atoms with Crippen molar-refractivity contribution < 1.29 is 18.0 Å². The molecule has 2 aromatic rings. The Labute approximate surface area is 127 Å². The van der Waals surface area contributed by atoms with Crippen molar-refractivity contribution in [2.75, 3.05) is 11.9 Å². The molecule has 1 N–H and O–H groups in total. The van der Waals surface area contributed by atoms with Crippen LogP contribution in [0.15, 0.2) is 22.9 Å². The van der Waals surface area contributed by atoms with E-state index in [9.17, 15) is 18.0 Å². The normalized spacial score (nSPS) is 11.4. The molecule has 21 heavy (non-hydrogen) atoms. The van der Waals surface area contributed by atoms with E-state index in [-0.39, 0.29) is 5.13 Å². The molecule has 2 heterocycles. The highest BCUT2D eigenvalue weighted by Gasteiger charge is 2.34. The smallest absolute Gasteiger partial charge is 0.320 e. The average molecular weight is 335 g/mol. The minimum atomic E-state index is -4.50. The molecule has 0 saturated carbocycles. The lowest BCUT2D eigenvalue weighted by molar-refractivity contribution is -0.140. The van der Waals surface area contributed by atoms with Crippen molar-refractivity contribution in [1.82, 2.24) is 9.88 Å². The minimum Gasteiger partial charge on any atom is -0.320 e. The lowest BCUT2D eigenvalue weighted by atomic mass is 10.4. The topological polar surface area (TPSA) is 45.2 Å². The Balaban J connectivity index is 2.00. The van der Waals surface area contributed by atoms with Gasteiger partial charge in [0, 0.05) is 16.8 Å². The molecule has 0 unspecified atom stereocenters. The van der Waals surface area contributed by atoms with Gasteiger partial charge in [-0.2, -0.15) is 13.2 Å². The summed E-state index contributed by atoms with van der Waals surface area (Å²) in [5.41, 5.74) is -0.996. The molecule has 114 valence electrons. The van der Waals surface area contributed by atoms with Crippen LogP contribution in [-0.4, -0.2) is 22.5 Å². The highest BCUT2D eigenvalue weighted by atomic mass is 32.1. The molecular weight excluding hydrogens is 323 g/mol. The molecule has 2 aromatic heterocycles. The molecule has 0 saturated heterocycles. The Kier molecular flexibility index (Phi) is 4.84. The zero-order valence-corrected chi connectivity index (χ0v) is 12.6. The molecule has 2 amide bonds. The largest absolute Gasteiger partial charge is 0.434 e. The number of hydrogen-bond donors (Lipinski definition) is 1. The van der Waals surface area contributed by atoms with Gasteiger partial charge < -0.3 is 4.90 Å². The van der Waals surface area contributed by atoms with Crippen LogP contribution in [0.2, 0.25) is 0 Å². The van der Waals surface area contributed by atoms with E-state index in [0.29, 0.717) is 13.1 Å². The molecule has 0 radical (unpaired) electrons. The van der Waals surface area contributed by atoms with Crippen LogP contribution in [-0.2, 0) is 12.7 Å². The highest BCUT2D eigenvalue weighted by Crippen LogP contribution is 2.31. The van der Waals surface area contributed by atoms with E-state index in [1.54, 1.807) is 6.92 Å². The summed E-state index contributed by atoms with van der Waals surface area (Å²) in [4.78, 5) is 17.9. The van der Waals surface area contributed by atoms with Crippen molar-refractivity contribution in [1.29, 1.82) is 0 Å². The van der Waals surface area contributed by atoms with E-state index < -0.39 is 17.9 Å². The second kappa shape index (κ2) is 6.44. The van der Waals surface area contributed by atoms with Gasteiger partial charge in [-0.15, -0.1) is 22.7 Å². The van der Waals surface area contributed by atoms with Crippen molar-refractivity contribution in [2.45, 2.75) is 19.6 Å². The second-order valence-electron chi connectivity index (χ2n) is 4.06. The third-order valence-corrected chi connectivity index (χ3v) is 4.22. The van der Waals surface area contributed by atoms with Crippen LogP contribution in [0.3, 0.4) is 0 Å². The highest BCUT2D eigenvalue weighted by molar-refractivity contribution is 7.14. The SMILES string of the molecule is CCN(Cc1cccs1)C(=O)Nc1nc(C(F)(F)F)cs1. The number of nitrogens with one attached hydrogen (secondary N) is 1. The number of alkyl halides is 3. The Bertz CT molecular complexity index is 595. The van der Waals surface area contributed by atoms with Crippen LogP contribution in [0.1, 0.15) is 17.5 Å². The van der Waals surface area contributed by atoms with Crippen LogP contribution in [0.5, 0.6) is 0 Å². The number of aromatic nitrogens is 1. The molecule has 2 rings (SSSR count). The molecule has 0 aliphatic rings. The summed E-state index contributed by atoms with van der Waals surface area (Å²) in [5, 5.41) is 5.12. The third kappa shape index (κ3) is 4.18. The molecule has 0 atom stereocenters. The van der Waals surface area contributed by atoms with Crippen LogP contribution >= 0.6 is 22.7 Å². The fourth-order valence-electron chi connectivity index (χ4n) is 1.55. The lowest BCUT2D eigenvalue weighted by Gasteiger charge is -2.19. The van der Waals surface area contributed by atoms with Gasteiger partial charge in [-0.05, 0) is 18.4 Å². The summed E-state index contributed by atoms with van der Waals surface area (Å²) in [6.45, 7) is 2.66.